The fourth-order valence-electron chi connectivity index (χ4n) is 1.06. The molecule has 1 aromatic rings. The molecule has 1 rings (SSSR count). The summed E-state index contributed by atoms with van der Waals surface area (Å²) in [5.41, 5.74) is 6.76. The zero-order valence-electron chi connectivity index (χ0n) is 7.08. The standard InChI is InChI=1S/C8H10BrNO2S/c1-4-5(9)3-13-8(4)6(10)2-7(11)12/h3,6H,2,10H2,1H3,(H,11,12)/t6-/m0/s1. The van der Waals surface area contributed by atoms with Crippen LogP contribution in [0.3, 0.4) is 0 Å². The van der Waals surface area contributed by atoms with E-state index in [9.17, 15) is 4.79 Å². The van der Waals surface area contributed by atoms with Crippen molar-refractivity contribution < 1.29 is 9.90 Å². The van der Waals surface area contributed by atoms with E-state index in [4.69, 9.17) is 10.8 Å². The summed E-state index contributed by atoms with van der Waals surface area (Å²) < 4.78 is 0.994. The largest absolute Gasteiger partial charge is 0.481 e. The molecule has 72 valence electrons. The Hall–Kier alpha value is -0.390. The highest BCUT2D eigenvalue weighted by Crippen LogP contribution is 2.31. The van der Waals surface area contributed by atoms with Crippen molar-refractivity contribution in [2.45, 2.75) is 19.4 Å². The molecular weight excluding hydrogens is 254 g/mol. The molecule has 1 atom stereocenters. The summed E-state index contributed by atoms with van der Waals surface area (Å²) in [5.74, 6) is -0.864. The van der Waals surface area contributed by atoms with Crippen LogP contribution >= 0.6 is 27.3 Å². The molecule has 5 heteroatoms. The van der Waals surface area contributed by atoms with Crippen molar-refractivity contribution in [3.05, 3.63) is 20.3 Å². The number of thiophene rings is 1. The quantitative estimate of drug-likeness (QED) is 0.880. The number of carboxylic acid groups (broad SMARTS) is 1. The highest BCUT2D eigenvalue weighted by Gasteiger charge is 2.15. The van der Waals surface area contributed by atoms with Gasteiger partial charge in [-0.25, -0.2) is 0 Å². The molecular formula is C8H10BrNO2S. The first-order valence-corrected chi connectivity index (χ1v) is 5.40. The van der Waals surface area contributed by atoms with Gasteiger partial charge in [0.1, 0.15) is 0 Å². The number of carboxylic acids is 1. The molecule has 0 saturated heterocycles. The number of halogens is 1. The van der Waals surface area contributed by atoms with E-state index >= 15 is 0 Å². The molecule has 3 nitrogen and oxygen atoms in total. The van der Waals surface area contributed by atoms with E-state index in [2.05, 4.69) is 15.9 Å². The summed E-state index contributed by atoms with van der Waals surface area (Å²) in [7, 11) is 0. The topological polar surface area (TPSA) is 63.3 Å². The summed E-state index contributed by atoms with van der Waals surface area (Å²) >= 11 is 4.85. The van der Waals surface area contributed by atoms with Crippen LogP contribution in [0.4, 0.5) is 0 Å². The van der Waals surface area contributed by atoms with E-state index in [0.29, 0.717) is 0 Å². The Balaban J connectivity index is 2.82. The fourth-order valence-corrected chi connectivity index (χ4v) is 2.63. The van der Waals surface area contributed by atoms with Crippen LogP contribution in [0.1, 0.15) is 22.9 Å². The van der Waals surface area contributed by atoms with Crippen LogP contribution in [-0.2, 0) is 4.79 Å². The predicted octanol–water partition coefficient (Wildman–Crippen LogP) is 2.29. The molecule has 0 aliphatic heterocycles. The second-order valence-corrected chi connectivity index (χ2v) is 4.54. The lowest BCUT2D eigenvalue weighted by atomic mass is 10.1. The van der Waals surface area contributed by atoms with Gasteiger partial charge in [0.2, 0.25) is 0 Å². The molecule has 0 amide bonds. The Labute approximate surface area is 88.7 Å². The number of nitrogens with two attached hydrogens (primary N) is 1. The van der Waals surface area contributed by atoms with Crippen LogP contribution in [0.5, 0.6) is 0 Å². The molecule has 0 bridgehead atoms. The van der Waals surface area contributed by atoms with Crippen molar-refractivity contribution in [3.8, 4) is 0 Å². The zero-order chi connectivity index (χ0) is 10.0. The third-order valence-corrected chi connectivity index (χ3v) is 4.09. The van der Waals surface area contributed by atoms with Crippen LogP contribution < -0.4 is 5.73 Å². The first-order valence-electron chi connectivity index (χ1n) is 3.73. The van der Waals surface area contributed by atoms with Gasteiger partial charge < -0.3 is 10.8 Å². The molecule has 0 spiro atoms. The third kappa shape index (κ3) is 2.52. The number of hydrogen-bond donors (Lipinski definition) is 2. The van der Waals surface area contributed by atoms with Gasteiger partial charge in [0, 0.05) is 20.8 Å². The summed E-state index contributed by atoms with van der Waals surface area (Å²) in [4.78, 5) is 11.4. The van der Waals surface area contributed by atoms with Crippen LogP contribution in [0.15, 0.2) is 9.85 Å². The average molecular weight is 264 g/mol. The molecule has 1 heterocycles. The molecule has 0 radical (unpaired) electrons. The summed E-state index contributed by atoms with van der Waals surface area (Å²) in [6.07, 6.45) is -0.0200. The Morgan fingerprint density at radius 2 is 2.46 bits per heavy atom. The van der Waals surface area contributed by atoms with Gasteiger partial charge in [0.05, 0.1) is 6.42 Å². The first-order chi connectivity index (χ1) is 6.02. The Morgan fingerprint density at radius 3 is 2.85 bits per heavy atom. The third-order valence-electron chi connectivity index (χ3n) is 1.75. The molecule has 0 aliphatic carbocycles. The Morgan fingerprint density at radius 1 is 1.85 bits per heavy atom. The fraction of sp³-hybridized carbons (Fsp3) is 0.375. The summed E-state index contributed by atoms with van der Waals surface area (Å²) in [5, 5.41) is 10.5. The minimum absolute atomic E-state index is 0.0200. The van der Waals surface area contributed by atoms with Gasteiger partial charge in [0.25, 0.3) is 0 Å². The van der Waals surface area contributed by atoms with E-state index in [-0.39, 0.29) is 6.42 Å². The molecule has 1 aromatic heterocycles. The maximum Gasteiger partial charge on any atom is 0.305 e. The molecule has 0 saturated carbocycles. The van der Waals surface area contributed by atoms with E-state index in [1.165, 1.54) is 11.3 Å². The summed E-state index contributed by atoms with van der Waals surface area (Å²) in [6, 6.07) is -0.395. The van der Waals surface area contributed by atoms with Crippen molar-refractivity contribution in [1.82, 2.24) is 0 Å². The van der Waals surface area contributed by atoms with Crippen molar-refractivity contribution >= 4 is 33.2 Å². The summed E-state index contributed by atoms with van der Waals surface area (Å²) in [6.45, 7) is 1.93. The second-order valence-electron chi connectivity index (χ2n) is 2.78. The lowest BCUT2D eigenvalue weighted by Gasteiger charge is -2.07. The highest BCUT2D eigenvalue weighted by atomic mass is 79.9. The van der Waals surface area contributed by atoms with Crippen LogP contribution in [0.25, 0.3) is 0 Å². The van der Waals surface area contributed by atoms with E-state index in [0.717, 1.165) is 14.9 Å². The van der Waals surface area contributed by atoms with E-state index in [1.807, 2.05) is 12.3 Å². The predicted molar refractivity (Wildman–Crippen MR) is 55.9 cm³/mol. The molecule has 3 N–H and O–H groups in total. The van der Waals surface area contributed by atoms with Gasteiger partial charge in [-0.2, -0.15) is 0 Å². The van der Waals surface area contributed by atoms with Crippen molar-refractivity contribution in [3.63, 3.8) is 0 Å². The zero-order valence-corrected chi connectivity index (χ0v) is 9.48. The van der Waals surface area contributed by atoms with Crippen LogP contribution in [0, 0.1) is 6.92 Å². The lowest BCUT2D eigenvalue weighted by Crippen LogP contribution is -2.14. The Bertz CT molecular complexity index is 324. The number of carbonyl (C=O) groups is 1. The van der Waals surface area contributed by atoms with Gasteiger partial charge in [-0.1, -0.05) is 0 Å². The minimum Gasteiger partial charge on any atom is -0.481 e. The minimum atomic E-state index is -0.864. The normalized spacial score (nSPS) is 12.8. The number of hydrogen-bond acceptors (Lipinski definition) is 3. The number of aliphatic carboxylic acids is 1. The molecule has 0 aromatic carbocycles. The van der Waals surface area contributed by atoms with Crippen molar-refractivity contribution in [1.29, 1.82) is 0 Å². The van der Waals surface area contributed by atoms with Gasteiger partial charge >= 0.3 is 5.97 Å². The van der Waals surface area contributed by atoms with Gasteiger partial charge in [-0.15, -0.1) is 11.3 Å². The first kappa shape index (κ1) is 10.7. The monoisotopic (exact) mass is 263 g/mol. The van der Waals surface area contributed by atoms with E-state index in [1.54, 1.807) is 0 Å². The van der Waals surface area contributed by atoms with Gasteiger partial charge in [-0.3, -0.25) is 4.79 Å². The highest BCUT2D eigenvalue weighted by molar-refractivity contribution is 9.10. The van der Waals surface area contributed by atoms with Crippen molar-refractivity contribution in [2.24, 2.45) is 5.73 Å². The van der Waals surface area contributed by atoms with Crippen LogP contribution in [-0.4, -0.2) is 11.1 Å². The van der Waals surface area contributed by atoms with Crippen LogP contribution in [0.2, 0.25) is 0 Å². The van der Waals surface area contributed by atoms with E-state index < -0.39 is 12.0 Å². The smallest absolute Gasteiger partial charge is 0.305 e. The molecule has 0 fully saturated rings. The maximum absolute atomic E-state index is 10.4. The SMILES string of the molecule is Cc1c(Br)csc1[C@@H](N)CC(=O)O. The maximum atomic E-state index is 10.4. The molecule has 0 unspecified atom stereocenters. The van der Waals surface area contributed by atoms with Gasteiger partial charge in [0.15, 0.2) is 0 Å². The van der Waals surface area contributed by atoms with Gasteiger partial charge in [-0.05, 0) is 28.4 Å². The second kappa shape index (κ2) is 4.21. The average Bonchev–Trinajstić information content (AvgIpc) is 2.31. The number of rotatable bonds is 3. The molecule has 13 heavy (non-hydrogen) atoms. The van der Waals surface area contributed by atoms with Crippen molar-refractivity contribution in [2.75, 3.05) is 0 Å². The lowest BCUT2D eigenvalue weighted by molar-refractivity contribution is -0.137. The Kier molecular flexibility index (Phi) is 3.47. The molecule has 0 aliphatic rings.